The summed E-state index contributed by atoms with van der Waals surface area (Å²) in [5, 5.41) is 0. The van der Waals surface area contributed by atoms with E-state index < -0.39 is 10.0 Å². The van der Waals surface area contributed by atoms with Crippen molar-refractivity contribution in [3.8, 4) is 0 Å². The minimum atomic E-state index is -3.44. The Morgan fingerprint density at radius 3 is 2.52 bits per heavy atom. The van der Waals surface area contributed by atoms with Crippen LogP contribution in [0.15, 0.2) is 23.1 Å². The first-order valence-corrected chi connectivity index (χ1v) is 8.61. The van der Waals surface area contributed by atoms with E-state index in [2.05, 4.69) is 6.92 Å². The summed E-state index contributed by atoms with van der Waals surface area (Å²) >= 11 is 0. The molecule has 2 rings (SSSR count). The van der Waals surface area contributed by atoms with E-state index in [0.29, 0.717) is 23.9 Å². The van der Waals surface area contributed by atoms with E-state index in [4.69, 9.17) is 5.73 Å². The topological polar surface area (TPSA) is 63.4 Å². The SMILES string of the molecule is Cc1ccc(S(=O)(=O)N2CCCC(C)C2CN)cc1C.Cl. The summed E-state index contributed by atoms with van der Waals surface area (Å²) in [5.74, 6) is 0.315. The van der Waals surface area contributed by atoms with E-state index in [1.54, 1.807) is 16.4 Å². The minimum Gasteiger partial charge on any atom is -0.329 e. The van der Waals surface area contributed by atoms with E-state index in [9.17, 15) is 8.42 Å². The van der Waals surface area contributed by atoms with Crippen molar-refractivity contribution >= 4 is 22.4 Å². The fourth-order valence-electron chi connectivity index (χ4n) is 2.87. The van der Waals surface area contributed by atoms with Crippen LogP contribution in [0.3, 0.4) is 0 Å². The van der Waals surface area contributed by atoms with Crippen LogP contribution in [0.1, 0.15) is 30.9 Å². The highest BCUT2D eigenvalue weighted by molar-refractivity contribution is 7.89. The van der Waals surface area contributed by atoms with Crippen LogP contribution in [0, 0.1) is 19.8 Å². The summed E-state index contributed by atoms with van der Waals surface area (Å²) in [6.45, 7) is 6.96. The molecule has 2 atom stereocenters. The maximum Gasteiger partial charge on any atom is 0.243 e. The Hall–Kier alpha value is -0.620. The lowest BCUT2D eigenvalue weighted by molar-refractivity contribution is 0.192. The first-order valence-electron chi connectivity index (χ1n) is 7.17. The predicted molar refractivity (Wildman–Crippen MR) is 88.3 cm³/mol. The molecule has 1 fully saturated rings. The number of piperidine rings is 1. The van der Waals surface area contributed by atoms with Crippen molar-refractivity contribution in [1.82, 2.24) is 4.31 Å². The monoisotopic (exact) mass is 332 g/mol. The van der Waals surface area contributed by atoms with Crippen molar-refractivity contribution in [3.63, 3.8) is 0 Å². The first kappa shape index (κ1) is 18.4. The molecule has 6 heteroatoms. The molecular formula is C15H25ClN2O2S. The van der Waals surface area contributed by atoms with Crippen molar-refractivity contribution in [1.29, 1.82) is 0 Å². The van der Waals surface area contributed by atoms with Crippen LogP contribution in [0.5, 0.6) is 0 Å². The Labute approximate surface area is 134 Å². The third-order valence-corrected chi connectivity index (χ3v) is 6.31. The quantitative estimate of drug-likeness (QED) is 0.924. The number of hydrogen-bond acceptors (Lipinski definition) is 3. The molecule has 21 heavy (non-hydrogen) atoms. The second kappa shape index (κ2) is 7.09. The molecule has 1 saturated heterocycles. The van der Waals surface area contributed by atoms with Gasteiger partial charge in [-0.15, -0.1) is 12.4 Å². The molecule has 1 aromatic rings. The summed E-state index contributed by atoms with van der Waals surface area (Å²) in [6.07, 6.45) is 1.95. The van der Waals surface area contributed by atoms with Gasteiger partial charge in [0.15, 0.2) is 0 Å². The maximum absolute atomic E-state index is 12.8. The summed E-state index contributed by atoms with van der Waals surface area (Å²) < 4.78 is 27.3. The molecule has 0 aromatic heterocycles. The molecule has 1 aromatic carbocycles. The summed E-state index contributed by atoms with van der Waals surface area (Å²) in [6, 6.07) is 5.24. The molecular weight excluding hydrogens is 308 g/mol. The molecule has 1 aliphatic heterocycles. The fourth-order valence-corrected chi connectivity index (χ4v) is 4.73. The highest BCUT2D eigenvalue weighted by Gasteiger charge is 2.36. The van der Waals surface area contributed by atoms with Crippen LogP contribution < -0.4 is 5.73 Å². The number of hydrogen-bond donors (Lipinski definition) is 1. The number of nitrogens with zero attached hydrogens (tertiary/aromatic N) is 1. The van der Waals surface area contributed by atoms with E-state index in [0.717, 1.165) is 24.0 Å². The Morgan fingerprint density at radius 2 is 1.95 bits per heavy atom. The zero-order valence-electron chi connectivity index (χ0n) is 12.9. The third-order valence-electron chi connectivity index (χ3n) is 4.39. The molecule has 0 saturated carbocycles. The normalized spacial score (nSPS) is 23.6. The molecule has 1 heterocycles. The molecule has 1 aliphatic rings. The second-order valence-electron chi connectivity index (χ2n) is 5.78. The Kier molecular flexibility index (Phi) is 6.23. The van der Waals surface area contributed by atoms with Gasteiger partial charge in [0.2, 0.25) is 10.0 Å². The second-order valence-corrected chi connectivity index (χ2v) is 7.67. The highest BCUT2D eigenvalue weighted by Crippen LogP contribution is 2.29. The zero-order chi connectivity index (χ0) is 14.9. The third kappa shape index (κ3) is 3.59. The molecule has 2 N–H and O–H groups in total. The van der Waals surface area contributed by atoms with Gasteiger partial charge in [-0.2, -0.15) is 4.31 Å². The van der Waals surface area contributed by atoms with Gasteiger partial charge in [-0.25, -0.2) is 8.42 Å². The van der Waals surface area contributed by atoms with Crippen LogP contribution in [0.4, 0.5) is 0 Å². The standard InChI is InChI=1S/C15H24N2O2S.ClH/c1-11-6-7-14(9-13(11)3)20(18,19)17-8-4-5-12(2)15(17)10-16;/h6-7,9,12,15H,4-5,8,10,16H2,1-3H3;1H. The Balaban J connectivity index is 0.00000220. The van der Waals surface area contributed by atoms with Crippen molar-refractivity contribution in [2.24, 2.45) is 11.7 Å². The van der Waals surface area contributed by atoms with Crippen molar-refractivity contribution < 1.29 is 8.42 Å². The Morgan fingerprint density at radius 1 is 1.29 bits per heavy atom. The molecule has 120 valence electrons. The molecule has 0 bridgehead atoms. The van der Waals surface area contributed by atoms with Gasteiger partial charge in [-0.1, -0.05) is 13.0 Å². The summed E-state index contributed by atoms with van der Waals surface area (Å²) in [5.41, 5.74) is 7.91. The van der Waals surface area contributed by atoms with Gasteiger partial charge in [0.05, 0.1) is 4.90 Å². The van der Waals surface area contributed by atoms with Crippen molar-refractivity contribution in [2.75, 3.05) is 13.1 Å². The van der Waals surface area contributed by atoms with E-state index in [1.165, 1.54) is 0 Å². The lowest BCUT2D eigenvalue weighted by Gasteiger charge is -2.38. The van der Waals surface area contributed by atoms with Gasteiger partial charge >= 0.3 is 0 Å². The number of benzene rings is 1. The Bertz CT molecular complexity index is 589. The van der Waals surface area contributed by atoms with E-state index in [1.807, 2.05) is 19.9 Å². The average Bonchev–Trinajstić information content (AvgIpc) is 2.41. The van der Waals surface area contributed by atoms with E-state index >= 15 is 0 Å². The average molecular weight is 333 g/mol. The van der Waals surface area contributed by atoms with Crippen LogP contribution >= 0.6 is 12.4 Å². The van der Waals surface area contributed by atoms with Gasteiger partial charge in [0.1, 0.15) is 0 Å². The van der Waals surface area contributed by atoms with Gasteiger partial charge in [0, 0.05) is 19.1 Å². The maximum atomic E-state index is 12.8. The molecule has 0 spiro atoms. The number of aryl methyl sites for hydroxylation is 2. The lowest BCUT2D eigenvalue weighted by Crippen LogP contribution is -2.51. The van der Waals surface area contributed by atoms with Crippen LogP contribution in [-0.2, 0) is 10.0 Å². The number of rotatable bonds is 3. The summed E-state index contributed by atoms with van der Waals surface area (Å²) in [7, 11) is -3.44. The minimum absolute atomic E-state index is 0. The molecule has 0 aliphatic carbocycles. The molecule has 0 radical (unpaired) electrons. The predicted octanol–water partition coefficient (Wildman–Crippen LogP) is 2.47. The molecule has 0 amide bonds. The fraction of sp³-hybridized carbons (Fsp3) is 0.600. The van der Waals surface area contributed by atoms with Gasteiger partial charge in [-0.3, -0.25) is 0 Å². The smallest absolute Gasteiger partial charge is 0.243 e. The number of nitrogens with two attached hydrogens (primary N) is 1. The van der Waals surface area contributed by atoms with Crippen LogP contribution in [0.25, 0.3) is 0 Å². The molecule has 4 nitrogen and oxygen atoms in total. The van der Waals surface area contributed by atoms with Gasteiger partial charge in [0.25, 0.3) is 0 Å². The number of halogens is 1. The molecule has 2 unspecified atom stereocenters. The highest BCUT2D eigenvalue weighted by atomic mass is 35.5. The van der Waals surface area contributed by atoms with Crippen molar-refractivity contribution in [3.05, 3.63) is 29.3 Å². The zero-order valence-corrected chi connectivity index (χ0v) is 14.5. The lowest BCUT2D eigenvalue weighted by atomic mass is 9.93. The van der Waals surface area contributed by atoms with Crippen molar-refractivity contribution in [2.45, 2.75) is 44.6 Å². The van der Waals surface area contributed by atoms with Gasteiger partial charge < -0.3 is 5.73 Å². The largest absolute Gasteiger partial charge is 0.329 e. The van der Waals surface area contributed by atoms with Gasteiger partial charge in [-0.05, 0) is 55.9 Å². The van der Waals surface area contributed by atoms with Crippen LogP contribution in [0.2, 0.25) is 0 Å². The van der Waals surface area contributed by atoms with Crippen LogP contribution in [-0.4, -0.2) is 31.9 Å². The van der Waals surface area contributed by atoms with E-state index in [-0.39, 0.29) is 18.4 Å². The summed E-state index contributed by atoms with van der Waals surface area (Å²) in [4.78, 5) is 0.383. The first-order chi connectivity index (χ1) is 9.37. The number of sulfonamides is 1.